The molecule has 0 radical (unpaired) electrons. The Morgan fingerprint density at radius 2 is 0.842 bits per heavy atom. The van der Waals surface area contributed by atoms with E-state index in [2.05, 4.69) is 0 Å². The Bertz CT molecular complexity index is 896. The molecule has 0 heterocycles. The highest BCUT2D eigenvalue weighted by Crippen LogP contribution is 2.64. The maximum absolute atomic E-state index is 14.3. The lowest BCUT2D eigenvalue weighted by Crippen LogP contribution is -2.75. The van der Waals surface area contributed by atoms with Gasteiger partial charge in [-0.1, -0.05) is 45.4 Å². The molecule has 0 aliphatic carbocycles. The summed E-state index contributed by atoms with van der Waals surface area (Å²) in [5.41, 5.74) is 0. The zero-order chi connectivity index (χ0) is 31.0. The molecular weight excluding hydrogens is 607 g/mol. The van der Waals surface area contributed by atoms with Crippen LogP contribution in [0.2, 0.25) is 0 Å². The summed E-state index contributed by atoms with van der Waals surface area (Å²) in [7, 11) is -6.63. The van der Waals surface area contributed by atoms with Crippen LogP contribution in [-0.4, -0.2) is 65.9 Å². The fourth-order valence-electron chi connectivity index (χ4n) is 3.01. The van der Waals surface area contributed by atoms with Crippen LogP contribution in [0.3, 0.4) is 0 Å². The molecule has 38 heavy (non-hydrogen) atoms. The molecule has 0 rings (SSSR count). The molecule has 0 aromatic rings. The van der Waals surface area contributed by atoms with E-state index in [0.717, 1.165) is 0 Å². The molecule has 0 fully saturated rings. The van der Waals surface area contributed by atoms with Gasteiger partial charge in [0.25, 0.3) is 10.1 Å². The van der Waals surface area contributed by atoms with Crippen LogP contribution in [-0.2, 0) is 10.1 Å². The maximum atomic E-state index is 14.3. The number of hydrogen-bond donors (Lipinski definition) is 1. The molecule has 0 aliphatic heterocycles. The third kappa shape index (κ3) is 5.91. The van der Waals surface area contributed by atoms with Gasteiger partial charge in [-0.2, -0.15) is 83.1 Å². The third-order valence-electron chi connectivity index (χ3n) is 5.33. The summed E-state index contributed by atoms with van der Waals surface area (Å²) in [5, 5.41) is -4.46. The highest BCUT2D eigenvalue weighted by molar-refractivity contribution is 7.86. The first kappa shape index (κ1) is 36.7. The Morgan fingerprint density at radius 1 is 0.526 bits per heavy atom. The molecule has 230 valence electrons. The quantitative estimate of drug-likeness (QED) is 0.114. The van der Waals surface area contributed by atoms with Gasteiger partial charge < -0.3 is 0 Å². The minimum atomic E-state index is -8.81. The van der Waals surface area contributed by atoms with E-state index in [1.165, 1.54) is 0 Å². The van der Waals surface area contributed by atoms with Crippen molar-refractivity contribution in [2.24, 2.45) is 0 Å². The number of hydrogen-bond acceptors (Lipinski definition) is 2. The highest BCUT2D eigenvalue weighted by Gasteiger charge is 2.95. The van der Waals surface area contributed by atoms with Crippen LogP contribution in [0.15, 0.2) is 0 Å². The molecule has 1 N–H and O–H groups in total. The zero-order valence-corrected chi connectivity index (χ0v) is 19.4. The van der Waals surface area contributed by atoms with E-state index in [4.69, 9.17) is 4.55 Å². The van der Waals surface area contributed by atoms with Crippen LogP contribution in [0.4, 0.5) is 74.6 Å². The van der Waals surface area contributed by atoms with Crippen molar-refractivity contribution in [2.75, 3.05) is 0 Å². The van der Waals surface area contributed by atoms with E-state index in [9.17, 15) is 83.1 Å². The van der Waals surface area contributed by atoms with Gasteiger partial charge in [0.2, 0.25) is 0 Å². The average molecular weight is 626 g/mol. The van der Waals surface area contributed by atoms with Crippen LogP contribution in [0.25, 0.3) is 0 Å². The van der Waals surface area contributed by atoms with Crippen LogP contribution in [0.5, 0.6) is 0 Å². The molecule has 3 nitrogen and oxygen atoms in total. The molecule has 0 aromatic heterocycles. The molecule has 0 amide bonds. The molecule has 0 saturated carbocycles. The van der Waals surface area contributed by atoms with Gasteiger partial charge in [0.15, 0.2) is 5.25 Å². The first-order valence-corrected chi connectivity index (χ1v) is 11.6. The Morgan fingerprint density at radius 3 is 1.18 bits per heavy atom. The van der Waals surface area contributed by atoms with Crippen molar-refractivity contribution in [1.82, 2.24) is 0 Å². The van der Waals surface area contributed by atoms with Crippen LogP contribution < -0.4 is 0 Å². The number of unbranched alkanes of at least 4 members (excludes halogenated alkanes) is 5. The molecule has 21 heteroatoms. The smallest absolute Gasteiger partial charge is 0.285 e. The summed E-state index contributed by atoms with van der Waals surface area (Å²) in [5.74, 6) is -58.5. The van der Waals surface area contributed by atoms with Gasteiger partial charge in [-0.25, -0.2) is 0 Å². The van der Waals surface area contributed by atoms with Crippen molar-refractivity contribution in [3.8, 4) is 0 Å². The lowest BCUT2D eigenvalue weighted by molar-refractivity contribution is -0.461. The van der Waals surface area contributed by atoms with E-state index in [1.807, 2.05) is 0 Å². The van der Waals surface area contributed by atoms with Crippen molar-refractivity contribution in [3.05, 3.63) is 0 Å². The predicted octanol–water partition coefficient (Wildman–Crippen LogP) is 8.00. The van der Waals surface area contributed by atoms with Gasteiger partial charge in [-0.3, -0.25) is 4.55 Å². The van der Waals surface area contributed by atoms with Gasteiger partial charge in [-0.05, 0) is 6.42 Å². The highest BCUT2D eigenvalue weighted by atomic mass is 32.2. The topological polar surface area (TPSA) is 54.4 Å². The van der Waals surface area contributed by atoms with Crippen LogP contribution in [0.1, 0.15) is 51.9 Å². The number of halogens is 17. The molecule has 1 atom stereocenters. The van der Waals surface area contributed by atoms with Gasteiger partial charge in [0.1, 0.15) is 0 Å². The van der Waals surface area contributed by atoms with E-state index in [1.54, 1.807) is 6.92 Å². The van der Waals surface area contributed by atoms with Crippen molar-refractivity contribution in [3.63, 3.8) is 0 Å². The summed E-state index contributed by atoms with van der Waals surface area (Å²) >= 11 is 0. The number of rotatable bonds is 15. The summed E-state index contributed by atoms with van der Waals surface area (Å²) < 4.78 is 258. The van der Waals surface area contributed by atoms with Gasteiger partial charge in [0.05, 0.1) is 0 Å². The summed E-state index contributed by atoms with van der Waals surface area (Å²) in [4.78, 5) is 0. The molecule has 0 unspecified atom stereocenters. The third-order valence-corrected chi connectivity index (χ3v) is 6.58. The number of alkyl halides is 17. The minimum Gasteiger partial charge on any atom is -0.285 e. The lowest BCUT2D eigenvalue weighted by atomic mass is 9.87. The Kier molecular flexibility index (Phi) is 10.6. The SMILES string of the molecule is CCCCCCCC[C@@H](C(F)(F)C(F)(F)C(F)(F)C(F)(F)C(F)(F)C(F)(F)C(F)(F)C(F)(F)F)S(=O)(=O)O. The normalized spacial score (nSPS) is 16.6. The Labute approximate surface area is 203 Å². The Balaban J connectivity index is 6.65. The van der Waals surface area contributed by atoms with Gasteiger partial charge in [0, 0.05) is 0 Å². The van der Waals surface area contributed by atoms with Crippen molar-refractivity contribution in [2.45, 2.75) is 105 Å². The molecule has 0 aliphatic rings. The second kappa shape index (κ2) is 10.9. The van der Waals surface area contributed by atoms with Gasteiger partial charge in [-0.15, -0.1) is 0 Å². The van der Waals surface area contributed by atoms with Crippen LogP contribution >= 0.6 is 0 Å². The van der Waals surface area contributed by atoms with Crippen molar-refractivity contribution >= 4 is 10.1 Å². The standard InChI is InChI=1S/C17H19F17O3S/c1-2-3-4-5-6-7-8-9(38(35,36)37)10(18,19)11(20,21)12(22,23)13(24,25)14(26,27)15(28,29)16(30,31)17(32,33)34/h9H,2-8H2,1H3,(H,35,36,37)/t9-/m0/s1. The van der Waals surface area contributed by atoms with E-state index in [-0.39, 0.29) is 12.8 Å². The van der Waals surface area contributed by atoms with E-state index in [0.29, 0.717) is 19.3 Å². The fraction of sp³-hybridized carbons (Fsp3) is 1.00. The Hall–Kier alpha value is -1.28. The second-order valence-corrected chi connectivity index (χ2v) is 9.73. The summed E-state index contributed by atoms with van der Waals surface area (Å²) in [6.07, 6.45) is -9.46. The average Bonchev–Trinajstić information content (AvgIpc) is 2.70. The molecule has 0 spiro atoms. The summed E-state index contributed by atoms with van der Waals surface area (Å²) in [6.45, 7) is 1.69. The molecule has 0 aromatic carbocycles. The monoisotopic (exact) mass is 626 g/mol. The molecule has 0 bridgehead atoms. The largest absolute Gasteiger partial charge is 0.460 e. The molecular formula is C17H19F17O3S. The minimum absolute atomic E-state index is 0.0803. The fourth-order valence-corrected chi connectivity index (χ4v) is 3.99. The van der Waals surface area contributed by atoms with Crippen molar-refractivity contribution in [1.29, 1.82) is 0 Å². The predicted molar refractivity (Wildman–Crippen MR) is 94.0 cm³/mol. The lowest BCUT2D eigenvalue weighted by Gasteiger charge is -2.43. The van der Waals surface area contributed by atoms with Crippen molar-refractivity contribution < 1.29 is 87.6 Å². The first-order chi connectivity index (χ1) is 16.4. The second-order valence-electron chi connectivity index (χ2n) is 8.13. The maximum Gasteiger partial charge on any atom is 0.460 e. The van der Waals surface area contributed by atoms with E-state index < -0.39 is 75.8 Å². The zero-order valence-electron chi connectivity index (χ0n) is 18.6. The van der Waals surface area contributed by atoms with Gasteiger partial charge >= 0.3 is 47.6 Å². The van der Waals surface area contributed by atoms with E-state index >= 15 is 0 Å². The molecule has 0 saturated heterocycles. The first-order valence-electron chi connectivity index (χ1n) is 10.1. The van der Waals surface area contributed by atoms with Crippen LogP contribution in [0, 0.1) is 0 Å². The summed E-state index contributed by atoms with van der Waals surface area (Å²) in [6, 6.07) is 0.